The van der Waals surface area contributed by atoms with Gasteiger partial charge in [0.1, 0.15) is 5.75 Å². The Labute approximate surface area is 110 Å². The maximum absolute atomic E-state index is 6.25. The molecular weight excluding hydrogens is 222 g/mol. The Hall–Kier alpha value is -1.02. The molecule has 2 nitrogen and oxygen atoms in total. The topological polar surface area (TPSA) is 35.2 Å². The predicted molar refractivity (Wildman–Crippen MR) is 74.1 cm³/mol. The van der Waals surface area contributed by atoms with Crippen molar-refractivity contribution < 1.29 is 4.74 Å². The maximum Gasteiger partial charge on any atom is 0.122 e. The van der Waals surface area contributed by atoms with Crippen LogP contribution in [0.2, 0.25) is 0 Å². The largest absolute Gasteiger partial charge is 0.496 e. The number of rotatable bonds is 3. The fourth-order valence-corrected chi connectivity index (χ4v) is 3.04. The summed E-state index contributed by atoms with van der Waals surface area (Å²) in [4.78, 5) is 0. The van der Waals surface area contributed by atoms with Crippen molar-refractivity contribution in [3.05, 3.63) is 28.8 Å². The quantitative estimate of drug-likeness (QED) is 0.831. The highest BCUT2D eigenvalue weighted by Crippen LogP contribution is 2.39. The zero-order valence-electron chi connectivity index (χ0n) is 11.3. The molecule has 0 unspecified atom stereocenters. The van der Waals surface area contributed by atoms with Crippen molar-refractivity contribution in [1.29, 1.82) is 0 Å². The second kappa shape index (κ2) is 4.58. The monoisotopic (exact) mass is 245 g/mol. The third-order valence-corrected chi connectivity index (χ3v) is 4.43. The Morgan fingerprint density at radius 2 is 1.78 bits per heavy atom. The molecule has 2 aliphatic rings. The van der Waals surface area contributed by atoms with Crippen molar-refractivity contribution in [2.75, 3.05) is 7.11 Å². The molecule has 2 aliphatic carbocycles. The molecule has 0 saturated heterocycles. The highest BCUT2D eigenvalue weighted by atomic mass is 16.5. The third-order valence-electron chi connectivity index (χ3n) is 4.43. The van der Waals surface area contributed by atoms with Crippen molar-refractivity contribution >= 4 is 0 Å². The zero-order valence-corrected chi connectivity index (χ0v) is 11.3. The molecule has 3 rings (SSSR count). The van der Waals surface area contributed by atoms with Crippen molar-refractivity contribution in [2.24, 2.45) is 5.73 Å². The van der Waals surface area contributed by atoms with Gasteiger partial charge < -0.3 is 10.5 Å². The first-order valence-electron chi connectivity index (χ1n) is 7.18. The van der Waals surface area contributed by atoms with Crippen LogP contribution in [-0.2, 0) is 19.3 Å². The van der Waals surface area contributed by atoms with Crippen molar-refractivity contribution in [1.82, 2.24) is 0 Å². The molecule has 0 spiro atoms. The molecule has 0 aromatic heterocycles. The van der Waals surface area contributed by atoms with E-state index in [1.54, 1.807) is 7.11 Å². The van der Waals surface area contributed by atoms with Crippen LogP contribution in [0.5, 0.6) is 5.75 Å². The summed E-state index contributed by atoms with van der Waals surface area (Å²) in [6.45, 7) is 0. The predicted octanol–water partition coefficient (Wildman–Crippen LogP) is 3.00. The molecule has 0 amide bonds. The van der Waals surface area contributed by atoms with Crippen LogP contribution < -0.4 is 10.5 Å². The Balaban J connectivity index is 1.94. The second-order valence-corrected chi connectivity index (χ2v) is 6.03. The fourth-order valence-electron chi connectivity index (χ4n) is 3.04. The normalized spacial score (nSPS) is 21.0. The van der Waals surface area contributed by atoms with E-state index in [0.29, 0.717) is 0 Å². The SMILES string of the molecule is COc1cc2c(cc1CC1(N)CC1)CCCCC2. The highest BCUT2D eigenvalue weighted by molar-refractivity contribution is 5.44. The van der Waals surface area contributed by atoms with Gasteiger partial charge in [0, 0.05) is 5.54 Å². The van der Waals surface area contributed by atoms with Crippen LogP contribution in [0.4, 0.5) is 0 Å². The van der Waals surface area contributed by atoms with Crippen LogP contribution >= 0.6 is 0 Å². The molecule has 1 fully saturated rings. The number of fused-ring (bicyclic) bond motifs is 1. The van der Waals surface area contributed by atoms with Gasteiger partial charge in [-0.3, -0.25) is 0 Å². The van der Waals surface area contributed by atoms with Gasteiger partial charge >= 0.3 is 0 Å². The van der Waals surface area contributed by atoms with Crippen LogP contribution in [0.1, 0.15) is 48.8 Å². The van der Waals surface area contributed by atoms with Gasteiger partial charge in [-0.15, -0.1) is 0 Å². The zero-order chi connectivity index (χ0) is 12.6. The van der Waals surface area contributed by atoms with E-state index in [9.17, 15) is 0 Å². The first kappa shape index (κ1) is 12.0. The Bertz CT molecular complexity index is 449. The molecule has 1 saturated carbocycles. The van der Waals surface area contributed by atoms with E-state index in [0.717, 1.165) is 25.0 Å². The molecule has 98 valence electrons. The highest BCUT2D eigenvalue weighted by Gasteiger charge is 2.38. The summed E-state index contributed by atoms with van der Waals surface area (Å²) in [5.74, 6) is 1.05. The Kier molecular flexibility index (Phi) is 3.06. The van der Waals surface area contributed by atoms with Crippen molar-refractivity contribution in [2.45, 2.75) is 56.9 Å². The van der Waals surface area contributed by atoms with E-state index in [2.05, 4.69) is 12.1 Å². The lowest BCUT2D eigenvalue weighted by Crippen LogP contribution is -2.24. The van der Waals surface area contributed by atoms with Crippen molar-refractivity contribution in [3.8, 4) is 5.75 Å². The minimum absolute atomic E-state index is 0.0618. The molecule has 0 aliphatic heterocycles. The lowest BCUT2D eigenvalue weighted by atomic mass is 9.95. The number of nitrogens with two attached hydrogens (primary N) is 1. The lowest BCUT2D eigenvalue weighted by molar-refractivity contribution is 0.406. The summed E-state index contributed by atoms with van der Waals surface area (Å²) in [6, 6.07) is 4.63. The minimum Gasteiger partial charge on any atom is -0.496 e. The molecule has 2 heteroatoms. The smallest absolute Gasteiger partial charge is 0.122 e. The molecule has 0 heterocycles. The first-order chi connectivity index (χ1) is 8.70. The summed E-state index contributed by atoms with van der Waals surface area (Å²) in [6.07, 6.45) is 9.73. The molecule has 0 radical (unpaired) electrons. The summed E-state index contributed by atoms with van der Waals surface area (Å²) in [5.41, 5.74) is 10.7. The van der Waals surface area contributed by atoms with E-state index in [1.165, 1.54) is 48.8 Å². The summed E-state index contributed by atoms with van der Waals surface area (Å²) in [5, 5.41) is 0. The lowest BCUT2D eigenvalue weighted by Gasteiger charge is -2.16. The van der Waals surface area contributed by atoms with Gasteiger partial charge in [-0.05, 0) is 67.7 Å². The van der Waals surface area contributed by atoms with Gasteiger partial charge in [-0.2, -0.15) is 0 Å². The second-order valence-electron chi connectivity index (χ2n) is 6.03. The number of hydrogen-bond acceptors (Lipinski definition) is 2. The first-order valence-corrected chi connectivity index (χ1v) is 7.18. The van der Waals surface area contributed by atoms with E-state index >= 15 is 0 Å². The average Bonchev–Trinajstić information content (AvgIpc) is 3.11. The van der Waals surface area contributed by atoms with E-state index < -0.39 is 0 Å². The van der Waals surface area contributed by atoms with Gasteiger partial charge in [-0.25, -0.2) is 0 Å². The molecule has 0 atom stereocenters. The Morgan fingerprint density at radius 3 is 2.39 bits per heavy atom. The van der Waals surface area contributed by atoms with Crippen LogP contribution in [0.15, 0.2) is 12.1 Å². The standard InChI is InChI=1S/C16H23NO/c1-18-15-10-13-6-4-2-3-5-12(13)9-14(15)11-16(17)7-8-16/h9-10H,2-8,11,17H2,1H3. The van der Waals surface area contributed by atoms with Gasteiger partial charge in [-0.1, -0.05) is 12.5 Å². The molecular formula is C16H23NO. The van der Waals surface area contributed by atoms with E-state index in [-0.39, 0.29) is 5.54 Å². The summed E-state index contributed by atoms with van der Waals surface area (Å²) >= 11 is 0. The van der Waals surface area contributed by atoms with Crippen LogP contribution in [0.25, 0.3) is 0 Å². The summed E-state index contributed by atoms with van der Waals surface area (Å²) < 4.78 is 5.57. The molecule has 18 heavy (non-hydrogen) atoms. The third kappa shape index (κ3) is 2.39. The number of hydrogen-bond donors (Lipinski definition) is 1. The van der Waals surface area contributed by atoms with E-state index in [1.807, 2.05) is 0 Å². The van der Waals surface area contributed by atoms with E-state index in [4.69, 9.17) is 10.5 Å². The summed E-state index contributed by atoms with van der Waals surface area (Å²) in [7, 11) is 1.78. The average molecular weight is 245 g/mol. The molecule has 1 aromatic rings. The van der Waals surface area contributed by atoms with Crippen molar-refractivity contribution in [3.63, 3.8) is 0 Å². The fraction of sp³-hybridized carbons (Fsp3) is 0.625. The molecule has 1 aromatic carbocycles. The molecule has 0 bridgehead atoms. The molecule has 2 N–H and O–H groups in total. The van der Waals surface area contributed by atoms with Gasteiger partial charge in [0.15, 0.2) is 0 Å². The van der Waals surface area contributed by atoms with Crippen LogP contribution in [0.3, 0.4) is 0 Å². The van der Waals surface area contributed by atoms with Gasteiger partial charge in [0.2, 0.25) is 0 Å². The number of methoxy groups -OCH3 is 1. The Morgan fingerprint density at radius 1 is 1.11 bits per heavy atom. The van der Waals surface area contributed by atoms with Crippen LogP contribution in [0, 0.1) is 0 Å². The van der Waals surface area contributed by atoms with Crippen LogP contribution in [-0.4, -0.2) is 12.6 Å². The number of aryl methyl sites for hydroxylation is 2. The maximum atomic E-state index is 6.25. The number of benzene rings is 1. The number of ether oxygens (including phenoxy) is 1. The van der Waals surface area contributed by atoms with Gasteiger partial charge in [0.25, 0.3) is 0 Å². The van der Waals surface area contributed by atoms with Gasteiger partial charge in [0.05, 0.1) is 7.11 Å². The minimum atomic E-state index is 0.0618.